The van der Waals surface area contributed by atoms with Gasteiger partial charge in [-0.3, -0.25) is 0 Å². The highest BCUT2D eigenvalue weighted by molar-refractivity contribution is 14.1. The number of ether oxygens (including phenoxy) is 1. The van der Waals surface area contributed by atoms with Crippen molar-refractivity contribution in [2.75, 3.05) is 46.4 Å². The Balaban J connectivity index is 1.60. The SMILES string of the molecule is CN1CCN(CCCOc2ccc(I)cc2)CC1. The van der Waals surface area contributed by atoms with E-state index in [0.717, 1.165) is 25.3 Å². The number of hydrogen-bond donors (Lipinski definition) is 0. The quantitative estimate of drug-likeness (QED) is 0.592. The Kier molecular flexibility index (Phi) is 5.72. The lowest BCUT2D eigenvalue weighted by Gasteiger charge is -2.32. The first kappa shape index (κ1) is 14.1. The molecule has 1 aromatic rings. The number of likely N-dealkylation sites (N-methyl/N-ethyl adjacent to an activating group) is 1. The molecule has 3 nitrogen and oxygen atoms in total. The number of halogens is 1. The summed E-state index contributed by atoms with van der Waals surface area (Å²) < 4.78 is 6.98. The molecular formula is C14H21IN2O. The molecule has 4 heteroatoms. The molecule has 18 heavy (non-hydrogen) atoms. The number of rotatable bonds is 5. The van der Waals surface area contributed by atoms with Crippen LogP contribution in [0.1, 0.15) is 6.42 Å². The molecule has 0 N–H and O–H groups in total. The van der Waals surface area contributed by atoms with E-state index in [1.165, 1.54) is 29.7 Å². The zero-order valence-corrected chi connectivity index (χ0v) is 13.1. The van der Waals surface area contributed by atoms with Gasteiger partial charge in [-0.2, -0.15) is 0 Å². The lowest BCUT2D eigenvalue weighted by molar-refractivity contribution is 0.145. The first-order valence-electron chi connectivity index (χ1n) is 6.53. The predicted molar refractivity (Wildman–Crippen MR) is 83.2 cm³/mol. The Labute approximate surface area is 123 Å². The van der Waals surface area contributed by atoms with Crippen molar-refractivity contribution >= 4 is 22.6 Å². The molecule has 100 valence electrons. The first-order chi connectivity index (χ1) is 8.74. The lowest BCUT2D eigenvalue weighted by Crippen LogP contribution is -2.44. The van der Waals surface area contributed by atoms with E-state index in [2.05, 4.69) is 51.6 Å². The molecule has 1 aliphatic rings. The second-order valence-electron chi connectivity index (χ2n) is 4.80. The summed E-state index contributed by atoms with van der Waals surface area (Å²) in [6.45, 7) is 6.74. The summed E-state index contributed by atoms with van der Waals surface area (Å²) in [5.41, 5.74) is 0. The van der Waals surface area contributed by atoms with E-state index in [0.29, 0.717) is 0 Å². The summed E-state index contributed by atoms with van der Waals surface area (Å²) in [5.74, 6) is 0.980. The maximum absolute atomic E-state index is 5.73. The maximum atomic E-state index is 5.73. The highest BCUT2D eigenvalue weighted by atomic mass is 127. The molecule has 0 spiro atoms. The Bertz CT molecular complexity index is 347. The number of hydrogen-bond acceptors (Lipinski definition) is 3. The first-order valence-corrected chi connectivity index (χ1v) is 7.61. The van der Waals surface area contributed by atoms with Gasteiger partial charge in [0.1, 0.15) is 5.75 Å². The molecule has 0 radical (unpaired) electrons. The molecule has 1 fully saturated rings. The van der Waals surface area contributed by atoms with Crippen LogP contribution in [0.2, 0.25) is 0 Å². The van der Waals surface area contributed by atoms with Crippen molar-refractivity contribution in [2.45, 2.75) is 6.42 Å². The van der Waals surface area contributed by atoms with Crippen molar-refractivity contribution in [3.05, 3.63) is 27.8 Å². The summed E-state index contributed by atoms with van der Waals surface area (Å²) >= 11 is 2.31. The standard InChI is InChI=1S/C14H21IN2O/c1-16-8-10-17(11-9-16)7-2-12-18-14-5-3-13(15)4-6-14/h3-6H,2,7-12H2,1H3. The van der Waals surface area contributed by atoms with E-state index in [9.17, 15) is 0 Å². The topological polar surface area (TPSA) is 15.7 Å². The molecule has 1 heterocycles. The summed E-state index contributed by atoms with van der Waals surface area (Å²) in [6, 6.07) is 8.24. The summed E-state index contributed by atoms with van der Waals surface area (Å²) in [5, 5.41) is 0. The van der Waals surface area contributed by atoms with Gasteiger partial charge in [-0.05, 0) is 60.3 Å². The third-order valence-corrected chi connectivity index (χ3v) is 4.02. The van der Waals surface area contributed by atoms with Crippen molar-refractivity contribution in [1.82, 2.24) is 9.80 Å². The minimum atomic E-state index is 0.812. The van der Waals surface area contributed by atoms with Crippen molar-refractivity contribution in [1.29, 1.82) is 0 Å². The lowest BCUT2D eigenvalue weighted by atomic mass is 10.3. The molecule has 0 amide bonds. The average molecular weight is 360 g/mol. The van der Waals surface area contributed by atoms with Gasteiger partial charge in [-0.1, -0.05) is 0 Å². The Morgan fingerprint density at radius 2 is 1.78 bits per heavy atom. The van der Waals surface area contributed by atoms with E-state index in [1.807, 2.05) is 12.1 Å². The zero-order valence-electron chi connectivity index (χ0n) is 10.9. The van der Waals surface area contributed by atoms with Crippen LogP contribution in [0.15, 0.2) is 24.3 Å². The van der Waals surface area contributed by atoms with Gasteiger partial charge in [0.2, 0.25) is 0 Å². The Morgan fingerprint density at radius 1 is 1.11 bits per heavy atom. The van der Waals surface area contributed by atoms with Gasteiger partial charge in [-0.25, -0.2) is 0 Å². The highest BCUT2D eigenvalue weighted by Gasteiger charge is 2.12. The van der Waals surface area contributed by atoms with E-state index < -0.39 is 0 Å². The van der Waals surface area contributed by atoms with Gasteiger partial charge in [0.15, 0.2) is 0 Å². The summed E-state index contributed by atoms with van der Waals surface area (Å²) in [6.07, 6.45) is 1.11. The van der Waals surface area contributed by atoms with Crippen LogP contribution in [0.3, 0.4) is 0 Å². The van der Waals surface area contributed by atoms with Crippen LogP contribution in [0, 0.1) is 3.57 Å². The minimum Gasteiger partial charge on any atom is -0.494 e. The maximum Gasteiger partial charge on any atom is 0.119 e. The van der Waals surface area contributed by atoms with Crippen molar-refractivity contribution in [3.63, 3.8) is 0 Å². The van der Waals surface area contributed by atoms with E-state index in [1.54, 1.807) is 0 Å². The van der Waals surface area contributed by atoms with Crippen LogP contribution < -0.4 is 4.74 Å². The van der Waals surface area contributed by atoms with Gasteiger partial charge in [-0.15, -0.1) is 0 Å². The van der Waals surface area contributed by atoms with Crippen LogP contribution in [-0.2, 0) is 0 Å². The molecule has 2 rings (SSSR count). The molecule has 1 aliphatic heterocycles. The van der Waals surface area contributed by atoms with Crippen molar-refractivity contribution < 1.29 is 4.74 Å². The van der Waals surface area contributed by atoms with E-state index in [4.69, 9.17) is 4.74 Å². The number of nitrogens with zero attached hydrogens (tertiary/aromatic N) is 2. The molecule has 0 saturated carbocycles. The largest absolute Gasteiger partial charge is 0.494 e. The van der Waals surface area contributed by atoms with E-state index >= 15 is 0 Å². The third kappa shape index (κ3) is 4.74. The molecule has 0 atom stereocenters. The average Bonchev–Trinajstić information content (AvgIpc) is 2.39. The van der Waals surface area contributed by atoms with Gasteiger partial charge < -0.3 is 14.5 Å². The second kappa shape index (κ2) is 7.31. The molecule has 0 bridgehead atoms. The summed E-state index contributed by atoms with van der Waals surface area (Å²) in [4.78, 5) is 4.91. The predicted octanol–water partition coefficient (Wildman–Crippen LogP) is 2.31. The van der Waals surface area contributed by atoms with Gasteiger partial charge in [0.25, 0.3) is 0 Å². The van der Waals surface area contributed by atoms with Crippen LogP contribution in [0.25, 0.3) is 0 Å². The molecule has 1 aromatic carbocycles. The third-order valence-electron chi connectivity index (χ3n) is 3.30. The Morgan fingerprint density at radius 3 is 2.44 bits per heavy atom. The zero-order chi connectivity index (χ0) is 12.8. The monoisotopic (exact) mass is 360 g/mol. The minimum absolute atomic E-state index is 0.812. The normalized spacial score (nSPS) is 17.9. The smallest absolute Gasteiger partial charge is 0.119 e. The highest BCUT2D eigenvalue weighted by Crippen LogP contribution is 2.13. The molecule has 0 aliphatic carbocycles. The van der Waals surface area contributed by atoms with Crippen molar-refractivity contribution in [3.8, 4) is 5.75 Å². The summed E-state index contributed by atoms with van der Waals surface area (Å²) in [7, 11) is 2.19. The van der Waals surface area contributed by atoms with Crippen LogP contribution in [-0.4, -0.2) is 56.2 Å². The second-order valence-corrected chi connectivity index (χ2v) is 6.05. The van der Waals surface area contributed by atoms with Crippen LogP contribution >= 0.6 is 22.6 Å². The van der Waals surface area contributed by atoms with Gasteiger partial charge >= 0.3 is 0 Å². The number of benzene rings is 1. The van der Waals surface area contributed by atoms with Gasteiger partial charge in [0.05, 0.1) is 6.61 Å². The van der Waals surface area contributed by atoms with Gasteiger partial charge in [0, 0.05) is 36.3 Å². The van der Waals surface area contributed by atoms with E-state index in [-0.39, 0.29) is 0 Å². The van der Waals surface area contributed by atoms with Crippen LogP contribution in [0.4, 0.5) is 0 Å². The number of piperazine rings is 1. The molecular weight excluding hydrogens is 339 g/mol. The fourth-order valence-electron chi connectivity index (χ4n) is 2.08. The fraction of sp³-hybridized carbons (Fsp3) is 0.571. The fourth-order valence-corrected chi connectivity index (χ4v) is 2.44. The van der Waals surface area contributed by atoms with Crippen LogP contribution in [0.5, 0.6) is 5.75 Å². The molecule has 0 unspecified atom stereocenters. The Hall–Kier alpha value is -0.330. The molecule has 1 saturated heterocycles. The molecule has 0 aromatic heterocycles. The van der Waals surface area contributed by atoms with Crippen molar-refractivity contribution in [2.24, 2.45) is 0 Å².